The Bertz CT molecular complexity index is 590. The molecule has 2 aromatic rings. The highest BCUT2D eigenvalue weighted by Crippen LogP contribution is 2.30. The molecular weight excluding hydrogens is 258 g/mol. The summed E-state index contributed by atoms with van der Waals surface area (Å²) < 4.78 is 50.9. The van der Waals surface area contributed by atoms with Gasteiger partial charge in [-0.3, -0.25) is 0 Å². The predicted molar refractivity (Wildman–Crippen MR) is 65.1 cm³/mol. The lowest BCUT2D eigenvalue weighted by Gasteiger charge is -2.10. The Kier molecular flexibility index (Phi) is 3.46. The molecule has 0 atom stereocenters. The fourth-order valence-electron chi connectivity index (χ4n) is 1.81. The van der Waals surface area contributed by atoms with Crippen molar-refractivity contribution in [2.75, 3.05) is 5.73 Å². The van der Waals surface area contributed by atoms with E-state index in [1.807, 2.05) is 0 Å². The van der Waals surface area contributed by atoms with Gasteiger partial charge in [-0.05, 0) is 29.7 Å². The van der Waals surface area contributed by atoms with Gasteiger partial charge in [-0.2, -0.15) is 13.2 Å². The number of alkyl halides is 3. The summed E-state index contributed by atoms with van der Waals surface area (Å²) >= 11 is 0. The quantitative estimate of drug-likeness (QED) is 0.646. The van der Waals surface area contributed by atoms with Crippen molar-refractivity contribution in [3.05, 3.63) is 65.0 Å². The first-order chi connectivity index (χ1) is 8.88. The zero-order valence-electron chi connectivity index (χ0n) is 9.84. The first kappa shape index (κ1) is 13.4. The van der Waals surface area contributed by atoms with Crippen molar-refractivity contribution in [3.8, 4) is 0 Å². The lowest BCUT2D eigenvalue weighted by Crippen LogP contribution is -2.06. The van der Waals surface area contributed by atoms with E-state index < -0.39 is 17.6 Å². The molecule has 0 amide bonds. The van der Waals surface area contributed by atoms with Crippen molar-refractivity contribution < 1.29 is 17.6 Å². The van der Waals surface area contributed by atoms with E-state index in [2.05, 4.69) is 0 Å². The van der Waals surface area contributed by atoms with Crippen molar-refractivity contribution >= 4 is 5.69 Å². The minimum Gasteiger partial charge on any atom is -0.396 e. The molecule has 2 rings (SSSR count). The average Bonchev–Trinajstić information content (AvgIpc) is 2.34. The summed E-state index contributed by atoms with van der Waals surface area (Å²) in [5.74, 6) is -0.565. The Hall–Kier alpha value is -2.04. The number of para-hydroxylation sites is 1. The SMILES string of the molecule is Nc1c(F)cccc1Cc1cccc(C(F)(F)F)c1. The number of hydrogen-bond acceptors (Lipinski definition) is 1. The Balaban J connectivity index is 2.31. The summed E-state index contributed by atoms with van der Waals surface area (Å²) in [4.78, 5) is 0. The number of anilines is 1. The van der Waals surface area contributed by atoms with Gasteiger partial charge in [0, 0.05) is 0 Å². The van der Waals surface area contributed by atoms with Crippen molar-refractivity contribution in [1.29, 1.82) is 0 Å². The summed E-state index contributed by atoms with van der Waals surface area (Å²) in [6, 6.07) is 9.22. The molecule has 2 N–H and O–H groups in total. The second kappa shape index (κ2) is 4.91. The molecule has 0 spiro atoms. The summed E-state index contributed by atoms with van der Waals surface area (Å²) in [5, 5.41) is 0. The van der Waals surface area contributed by atoms with Crippen LogP contribution in [-0.2, 0) is 12.6 Å². The molecule has 19 heavy (non-hydrogen) atoms. The molecule has 0 fully saturated rings. The van der Waals surface area contributed by atoms with Gasteiger partial charge in [0.05, 0.1) is 11.3 Å². The maximum atomic E-state index is 13.2. The molecule has 0 saturated heterocycles. The second-order valence-corrected chi connectivity index (χ2v) is 4.19. The molecule has 0 radical (unpaired) electrons. The lowest BCUT2D eigenvalue weighted by molar-refractivity contribution is -0.137. The average molecular weight is 269 g/mol. The van der Waals surface area contributed by atoms with Crippen molar-refractivity contribution in [2.45, 2.75) is 12.6 Å². The minimum absolute atomic E-state index is 0.0279. The number of benzene rings is 2. The van der Waals surface area contributed by atoms with Crippen LogP contribution < -0.4 is 5.73 Å². The van der Waals surface area contributed by atoms with Gasteiger partial charge in [-0.15, -0.1) is 0 Å². The normalized spacial score (nSPS) is 11.6. The predicted octanol–water partition coefficient (Wildman–Crippen LogP) is 4.02. The van der Waals surface area contributed by atoms with E-state index in [9.17, 15) is 17.6 Å². The van der Waals surface area contributed by atoms with Crippen molar-refractivity contribution in [2.24, 2.45) is 0 Å². The van der Waals surface area contributed by atoms with Crippen LogP contribution in [0.4, 0.5) is 23.2 Å². The molecular formula is C14H11F4N. The standard InChI is InChI=1S/C14H11F4N/c15-12-6-2-4-10(13(12)19)7-9-3-1-5-11(8-9)14(16,17)18/h1-6,8H,7,19H2. The molecule has 0 unspecified atom stereocenters. The van der Waals surface area contributed by atoms with Gasteiger partial charge >= 0.3 is 6.18 Å². The van der Waals surface area contributed by atoms with Gasteiger partial charge in [0.15, 0.2) is 0 Å². The Morgan fingerprint density at radius 2 is 1.68 bits per heavy atom. The largest absolute Gasteiger partial charge is 0.416 e. The van der Waals surface area contributed by atoms with Crippen LogP contribution in [0.15, 0.2) is 42.5 Å². The molecule has 100 valence electrons. The third-order valence-corrected chi connectivity index (χ3v) is 2.79. The van der Waals surface area contributed by atoms with E-state index >= 15 is 0 Å². The number of rotatable bonds is 2. The van der Waals surface area contributed by atoms with Crippen LogP contribution in [0.3, 0.4) is 0 Å². The second-order valence-electron chi connectivity index (χ2n) is 4.19. The zero-order valence-corrected chi connectivity index (χ0v) is 9.84. The summed E-state index contributed by atoms with van der Waals surface area (Å²) in [6.07, 6.45) is -4.23. The molecule has 2 aromatic carbocycles. The highest BCUT2D eigenvalue weighted by Gasteiger charge is 2.30. The molecule has 0 aliphatic heterocycles. The first-order valence-electron chi connectivity index (χ1n) is 5.57. The molecule has 0 heterocycles. The molecule has 0 saturated carbocycles. The zero-order chi connectivity index (χ0) is 14.0. The third kappa shape index (κ3) is 3.05. The fourth-order valence-corrected chi connectivity index (χ4v) is 1.81. The number of hydrogen-bond donors (Lipinski definition) is 1. The third-order valence-electron chi connectivity index (χ3n) is 2.79. The van der Waals surface area contributed by atoms with E-state index in [1.165, 1.54) is 18.2 Å². The van der Waals surface area contributed by atoms with E-state index in [-0.39, 0.29) is 12.1 Å². The van der Waals surface area contributed by atoms with Crippen LogP contribution >= 0.6 is 0 Å². The molecule has 0 bridgehead atoms. The summed E-state index contributed by atoms with van der Waals surface area (Å²) in [5.41, 5.74) is 5.72. The van der Waals surface area contributed by atoms with Gasteiger partial charge in [-0.25, -0.2) is 4.39 Å². The van der Waals surface area contributed by atoms with E-state index in [4.69, 9.17) is 5.73 Å². The van der Waals surface area contributed by atoms with Crippen LogP contribution in [0, 0.1) is 5.82 Å². The Morgan fingerprint density at radius 3 is 2.37 bits per heavy atom. The van der Waals surface area contributed by atoms with Crippen LogP contribution in [0.25, 0.3) is 0 Å². The van der Waals surface area contributed by atoms with Crippen LogP contribution in [0.5, 0.6) is 0 Å². The maximum Gasteiger partial charge on any atom is 0.416 e. The van der Waals surface area contributed by atoms with Gasteiger partial charge < -0.3 is 5.73 Å². The smallest absolute Gasteiger partial charge is 0.396 e. The van der Waals surface area contributed by atoms with Gasteiger partial charge in [0.1, 0.15) is 5.82 Å². The summed E-state index contributed by atoms with van der Waals surface area (Å²) in [6.45, 7) is 0. The van der Waals surface area contributed by atoms with E-state index in [0.29, 0.717) is 11.1 Å². The Morgan fingerprint density at radius 1 is 1.00 bits per heavy atom. The van der Waals surface area contributed by atoms with E-state index in [0.717, 1.165) is 12.1 Å². The monoisotopic (exact) mass is 269 g/mol. The molecule has 0 aliphatic rings. The molecule has 5 heteroatoms. The van der Waals surface area contributed by atoms with Crippen LogP contribution in [0.2, 0.25) is 0 Å². The van der Waals surface area contributed by atoms with Gasteiger partial charge in [-0.1, -0.05) is 30.3 Å². The van der Waals surface area contributed by atoms with Crippen molar-refractivity contribution in [3.63, 3.8) is 0 Å². The lowest BCUT2D eigenvalue weighted by atomic mass is 10.0. The molecule has 0 aliphatic carbocycles. The highest BCUT2D eigenvalue weighted by molar-refractivity contribution is 5.50. The van der Waals surface area contributed by atoms with Crippen LogP contribution in [-0.4, -0.2) is 0 Å². The molecule has 0 aromatic heterocycles. The topological polar surface area (TPSA) is 26.0 Å². The number of nitrogens with two attached hydrogens (primary N) is 1. The van der Waals surface area contributed by atoms with Crippen LogP contribution in [0.1, 0.15) is 16.7 Å². The maximum absolute atomic E-state index is 13.2. The molecule has 1 nitrogen and oxygen atoms in total. The Labute approximate surface area is 107 Å². The number of halogens is 4. The highest BCUT2D eigenvalue weighted by atomic mass is 19.4. The van der Waals surface area contributed by atoms with E-state index in [1.54, 1.807) is 12.1 Å². The van der Waals surface area contributed by atoms with Gasteiger partial charge in [0.2, 0.25) is 0 Å². The van der Waals surface area contributed by atoms with Gasteiger partial charge in [0.25, 0.3) is 0 Å². The minimum atomic E-state index is -4.39. The fraction of sp³-hybridized carbons (Fsp3) is 0.143. The van der Waals surface area contributed by atoms with Crippen molar-refractivity contribution in [1.82, 2.24) is 0 Å². The first-order valence-corrected chi connectivity index (χ1v) is 5.57. The summed E-state index contributed by atoms with van der Waals surface area (Å²) in [7, 11) is 0. The number of nitrogen functional groups attached to an aromatic ring is 1.